The molecule has 0 saturated heterocycles. The SMILES string of the molecule is Cc1nc2cc(NC(=O)CSc3ccc(Cl)cc3)ccc2o1. The molecule has 3 rings (SSSR count). The standard InChI is InChI=1S/C16H13ClN2O2S/c1-10-18-14-8-12(4-7-15(14)21-10)19-16(20)9-22-13-5-2-11(17)3-6-13/h2-8H,9H2,1H3,(H,19,20). The number of fused-ring (bicyclic) bond motifs is 1. The van der Waals surface area contributed by atoms with Crippen molar-refractivity contribution in [2.24, 2.45) is 0 Å². The van der Waals surface area contributed by atoms with Crippen molar-refractivity contribution in [2.75, 3.05) is 11.1 Å². The minimum Gasteiger partial charge on any atom is -0.441 e. The number of halogens is 1. The number of carbonyl (C=O) groups excluding carboxylic acids is 1. The normalized spacial score (nSPS) is 10.8. The highest BCUT2D eigenvalue weighted by Crippen LogP contribution is 2.22. The number of nitrogens with zero attached hydrogens (tertiary/aromatic N) is 1. The molecule has 0 spiro atoms. The van der Waals surface area contributed by atoms with Gasteiger partial charge in [0.2, 0.25) is 5.91 Å². The van der Waals surface area contributed by atoms with E-state index in [0.29, 0.717) is 27.9 Å². The number of oxazole rings is 1. The van der Waals surface area contributed by atoms with E-state index in [9.17, 15) is 4.79 Å². The van der Waals surface area contributed by atoms with Crippen LogP contribution in [0.4, 0.5) is 5.69 Å². The maximum absolute atomic E-state index is 12.0. The lowest BCUT2D eigenvalue weighted by Gasteiger charge is -2.05. The molecule has 6 heteroatoms. The van der Waals surface area contributed by atoms with Crippen LogP contribution in [0.25, 0.3) is 11.1 Å². The minimum absolute atomic E-state index is 0.0699. The third-order valence-corrected chi connectivity index (χ3v) is 4.23. The van der Waals surface area contributed by atoms with Gasteiger partial charge in [0.15, 0.2) is 11.5 Å². The molecule has 0 atom stereocenters. The molecule has 0 fully saturated rings. The van der Waals surface area contributed by atoms with Crippen molar-refractivity contribution in [3.05, 3.63) is 53.4 Å². The van der Waals surface area contributed by atoms with E-state index in [-0.39, 0.29) is 5.91 Å². The van der Waals surface area contributed by atoms with Gasteiger partial charge in [0.25, 0.3) is 0 Å². The first-order valence-corrected chi connectivity index (χ1v) is 8.02. The molecule has 1 amide bonds. The van der Waals surface area contributed by atoms with E-state index in [4.69, 9.17) is 16.0 Å². The lowest BCUT2D eigenvalue weighted by molar-refractivity contribution is -0.113. The smallest absolute Gasteiger partial charge is 0.234 e. The molecule has 112 valence electrons. The second-order valence-electron chi connectivity index (χ2n) is 4.71. The third kappa shape index (κ3) is 3.61. The highest BCUT2D eigenvalue weighted by atomic mass is 35.5. The van der Waals surface area contributed by atoms with Crippen LogP contribution in [-0.4, -0.2) is 16.6 Å². The summed E-state index contributed by atoms with van der Waals surface area (Å²) in [7, 11) is 0. The van der Waals surface area contributed by atoms with Crippen LogP contribution in [0.1, 0.15) is 5.89 Å². The molecule has 2 aromatic carbocycles. The second kappa shape index (κ2) is 6.42. The van der Waals surface area contributed by atoms with E-state index < -0.39 is 0 Å². The highest BCUT2D eigenvalue weighted by molar-refractivity contribution is 8.00. The number of aryl methyl sites for hydroxylation is 1. The number of hydrogen-bond donors (Lipinski definition) is 1. The average Bonchev–Trinajstić information content (AvgIpc) is 2.86. The summed E-state index contributed by atoms with van der Waals surface area (Å²) in [5.41, 5.74) is 2.16. The Morgan fingerprint density at radius 2 is 2.05 bits per heavy atom. The summed E-state index contributed by atoms with van der Waals surface area (Å²) >= 11 is 7.29. The van der Waals surface area contributed by atoms with Gasteiger partial charge in [-0.05, 0) is 42.5 Å². The zero-order valence-electron chi connectivity index (χ0n) is 11.8. The fourth-order valence-electron chi connectivity index (χ4n) is 2.00. The number of hydrogen-bond acceptors (Lipinski definition) is 4. The molecule has 0 bridgehead atoms. The Balaban J connectivity index is 1.61. The van der Waals surface area contributed by atoms with Crippen molar-refractivity contribution in [2.45, 2.75) is 11.8 Å². The summed E-state index contributed by atoms with van der Waals surface area (Å²) in [6.45, 7) is 1.79. The number of aromatic nitrogens is 1. The molecule has 3 aromatic rings. The minimum atomic E-state index is -0.0699. The molecular weight excluding hydrogens is 320 g/mol. The Labute approximate surface area is 136 Å². The van der Waals surface area contributed by atoms with E-state index >= 15 is 0 Å². The largest absolute Gasteiger partial charge is 0.441 e. The van der Waals surface area contributed by atoms with Gasteiger partial charge in [-0.2, -0.15) is 0 Å². The van der Waals surface area contributed by atoms with Gasteiger partial charge in [-0.15, -0.1) is 11.8 Å². The van der Waals surface area contributed by atoms with Crippen LogP contribution in [0.3, 0.4) is 0 Å². The van der Waals surface area contributed by atoms with Crippen molar-refractivity contribution in [1.82, 2.24) is 4.98 Å². The molecule has 0 aliphatic rings. The monoisotopic (exact) mass is 332 g/mol. The van der Waals surface area contributed by atoms with Crippen LogP contribution in [0.5, 0.6) is 0 Å². The lowest BCUT2D eigenvalue weighted by atomic mass is 10.3. The van der Waals surface area contributed by atoms with E-state index in [0.717, 1.165) is 10.4 Å². The molecule has 1 heterocycles. The molecule has 4 nitrogen and oxygen atoms in total. The molecule has 1 aromatic heterocycles. The summed E-state index contributed by atoms with van der Waals surface area (Å²) in [6.07, 6.45) is 0. The van der Waals surface area contributed by atoms with Crippen molar-refractivity contribution in [3.8, 4) is 0 Å². The Bertz CT molecular complexity index is 815. The molecule has 0 radical (unpaired) electrons. The number of anilines is 1. The Kier molecular flexibility index (Phi) is 4.36. The molecule has 1 N–H and O–H groups in total. The zero-order chi connectivity index (χ0) is 15.5. The Morgan fingerprint density at radius 3 is 2.82 bits per heavy atom. The van der Waals surface area contributed by atoms with Crippen LogP contribution in [0.15, 0.2) is 51.8 Å². The van der Waals surface area contributed by atoms with Gasteiger partial charge >= 0.3 is 0 Å². The molecule has 22 heavy (non-hydrogen) atoms. The number of amides is 1. The zero-order valence-corrected chi connectivity index (χ0v) is 13.4. The predicted molar refractivity (Wildman–Crippen MR) is 89.6 cm³/mol. The van der Waals surface area contributed by atoms with Gasteiger partial charge in [-0.3, -0.25) is 4.79 Å². The maximum Gasteiger partial charge on any atom is 0.234 e. The fourth-order valence-corrected chi connectivity index (χ4v) is 2.82. The maximum atomic E-state index is 12.0. The van der Waals surface area contributed by atoms with Crippen molar-refractivity contribution < 1.29 is 9.21 Å². The third-order valence-electron chi connectivity index (χ3n) is 2.96. The number of carbonyl (C=O) groups is 1. The lowest BCUT2D eigenvalue weighted by Crippen LogP contribution is -2.13. The summed E-state index contributed by atoms with van der Waals surface area (Å²) < 4.78 is 5.40. The summed E-state index contributed by atoms with van der Waals surface area (Å²) in [4.78, 5) is 17.2. The molecule has 0 unspecified atom stereocenters. The topological polar surface area (TPSA) is 55.1 Å². The first-order chi connectivity index (χ1) is 10.6. The number of thioether (sulfide) groups is 1. The molecule has 0 saturated carbocycles. The van der Waals surface area contributed by atoms with Crippen molar-refractivity contribution >= 4 is 46.1 Å². The van der Waals surface area contributed by atoms with Gasteiger partial charge in [-0.1, -0.05) is 11.6 Å². The fraction of sp³-hybridized carbons (Fsp3) is 0.125. The first kappa shape index (κ1) is 14.9. The predicted octanol–water partition coefficient (Wildman–Crippen LogP) is 4.52. The van der Waals surface area contributed by atoms with Gasteiger partial charge in [0.1, 0.15) is 5.52 Å². The highest BCUT2D eigenvalue weighted by Gasteiger charge is 2.07. The van der Waals surface area contributed by atoms with E-state index in [1.807, 2.05) is 24.3 Å². The first-order valence-electron chi connectivity index (χ1n) is 6.65. The molecular formula is C16H13ClN2O2S. The van der Waals surface area contributed by atoms with Crippen LogP contribution in [0, 0.1) is 6.92 Å². The van der Waals surface area contributed by atoms with Crippen LogP contribution < -0.4 is 5.32 Å². The number of rotatable bonds is 4. The van der Waals surface area contributed by atoms with Gasteiger partial charge < -0.3 is 9.73 Å². The Morgan fingerprint density at radius 1 is 1.27 bits per heavy atom. The van der Waals surface area contributed by atoms with Crippen LogP contribution in [-0.2, 0) is 4.79 Å². The van der Waals surface area contributed by atoms with E-state index in [1.165, 1.54) is 11.8 Å². The summed E-state index contributed by atoms with van der Waals surface area (Å²) in [5.74, 6) is 0.869. The Hall–Kier alpha value is -1.98. The number of nitrogens with one attached hydrogen (secondary N) is 1. The molecule has 0 aliphatic heterocycles. The van der Waals surface area contributed by atoms with Crippen LogP contribution in [0.2, 0.25) is 5.02 Å². The van der Waals surface area contributed by atoms with Gasteiger partial charge in [0.05, 0.1) is 5.75 Å². The van der Waals surface area contributed by atoms with Gasteiger partial charge in [-0.25, -0.2) is 4.98 Å². The van der Waals surface area contributed by atoms with Crippen LogP contribution >= 0.6 is 23.4 Å². The summed E-state index contributed by atoms with van der Waals surface area (Å²) in [5, 5.41) is 3.54. The average molecular weight is 333 g/mol. The van der Waals surface area contributed by atoms with E-state index in [1.54, 1.807) is 25.1 Å². The second-order valence-corrected chi connectivity index (χ2v) is 6.19. The quantitative estimate of drug-likeness (QED) is 0.714. The van der Waals surface area contributed by atoms with Crippen molar-refractivity contribution in [1.29, 1.82) is 0 Å². The summed E-state index contributed by atoms with van der Waals surface area (Å²) in [6, 6.07) is 12.8. The van der Waals surface area contributed by atoms with Gasteiger partial charge in [0, 0.05) is 22.5 Å². The van der Waals surface area contributed by atoms with Crippen molar-refractivity contribution in [3.63, 3.8) is 0 Å². The molecule has 0 aliphatic carbocycles. The van der Waals surface area contributed by atoms with E-state index in [2.05, 4.69) is 10.3 Å². The number of benzene rings is 2.